The number of ketones is 1. The number of non-ortho nitro benzene ring substituents is 1. The van der Waals surface area contributed by atoms with Gasteiger partial charge in [-0.05, 0) is 5.56 Å². The number of nitrogens with zero attached hydrogens (tertiary/aromatic N) is 1. The van der Waals surface area contributed by atoms with Crippen molar-refractivity contribution < 1.29 is 19.6 Å². The summed E-state index contributed by atoms with van der Waals surface area (Å²) in [7, 11) is 0. The molecule has 0 aliphatic carbocycles. The second-order valence-electron chi connectivity index (χ2n) is 4.36. The largest absolute Gasteiger partial charge is 0.481 e. The van der Waals surface area contributed by atoms with E-state index in [9.17, 15) is 19.7 Å². The summed E-state index contributed by atoms with van der Waals surface area (Å²) >= 11 is 0. The molecule has 0 radical (unpaired) electrons. The van der Waals surface area contributed by atoms with Crippen molar-refractivity contribution in [3.8, 4) is 0 Å². The third-order valence-corrected chi connectivity index (χ3v) is 2.93. The number of rotatable bonds is 5. The van der Waals surface area contributed by atoms with Crippen molar-refractivity contribution in [2.24, 2.45) is 0 Å². The molecule has 1 N–H and O–H groups in total. The molecule has 0 bridgehead atoms. The van der Waals surface area contributed by atoms with Crippen molar-refractivity contribution in [1.29, 1.82) is 0 Å². The van der Waals surface area contributed by atoms with Gasteiger partial charge in [-0.1, -0.05) is 36.4 Å². The summed E-state index contributed by atoms with van der Waals surface area (Å²) in [4.78, 5) is 33.5. The zero-order chi connectivity index (χ0) is 15.4. The molecule has 0 aromatic heterocycles. The Bertz CT molecular complexity index is 709. The number of hydrogen-bond acceptors (Lipinski definition) is 4. The van der Waals surface area contributed by atoms with Crippen LogP contribution >= 0.6 is 0 Å². The van der Waals surface area contributed by atoms with Crippen LogP contribution in [0.3, 0.4) is 0 Å². The molecule has 0 saturated heterocycles. The van der Waals surface area contributed by atoms with Crippen LogP contribution in [0.25, 0.3) is 0 Å². The first kappa shape index (κ1) is 14.4. The monoisotopic (exact) mass is 285 g/mol. The van der Waals surface area contributed by atoms with E-state index in [1.807, 2.05) is 0 Å². The van der Waals surface area contributed by atoms with Gasteiger partial charge < -0.3 is 5.11 Å². The van der Waals surface area contributed by atoms with E-state index in [1.54, 1.807) is 30.3 Å². The summed E-state index contributed by atoms with van der Waals surface area (Å²) in [5.41, 5.74) is 0.396. The predicted molar refractivity (Wildman–Crippen MR) is 74.3 cm³/mol. The standard InChI is InChI=1S/C15H11NO5/c17-14(18)8-11-6-7-12(16(20)21)9-13(11)15(19)10-4-2-1-3-5-10/h1-7,9H,8H2,(H,17,18). The molecule has 6 nitrogen and oxygen atoms in total. The summed E-state index contributed by atoms with van der Waals surface area (Å²) in [5, 5.41) is 19.7. The summed E-state index contributed by atoms with van der Waals surface area (Å²) in [5.74, 6) is -1.54. The van der Waals surface area contributed by atoms with Gasteiger partial charge in [0.2, 0.25) is 0 Å². The Labute approximate surface area is 119 Å². The molecule has 106 valence electrons. The van der Waals surface area contributed by atoms with Crippen LogP contribution in [0.2, 0.25) is 0 Å². The molecule has 0 atom stereocenters. The Morgan fingerprint density at radius 2 is 1.76 bits per heavy atom. The van der Waals surface area contributed by atoms with Crippen molar-refractivity contribution in [2.75, 3.05) is 0 Å². The number of aliphatic carboxylic acids is 1. The van der Waals surface area contributed by atoms with Gasteiger partial charge in [-0.15, -0.1) is 0 Å². The van der Waals surface area contributed by atoms with Crippen LogP contribution in [-0.4, -0.2) is 21.8 Å². The fourth-order valence-corrected chi connectivity index (χ4v) is 1.95. The van der Waals surface area contributed by atoms with Gasteiger partial charge in [-0.2, -0.15) is 0 Å². The number of nitro benzene ring substituents is 1. The van der Waals surface area contributed by atoms with Crippen LogP contribution in [0.5, 0.6) is 0 Å². The second-order valence-corrected chi connectivity index (χ2v) is 4.36. The zero-order valence-corrected chi connectivity index (χ0v) is 10.9. The molecule has 2 aromatic carbocycles. The molecule has 21 heavy (non-hydrogen) atoms. The van der Waals surface area contributed by atoms with Gasteiger partial charge in [-0.25, -0.2) is 0 Å². The third kappa shape index (κ3) is 3.30. The van der Waals surface area contributed by atoms with E-state index in [0.29, 0.717) is 5.56 Å². The van der Waals surface area contributed by atoms with Crippen molar-refractivity contribution in [1.82, 2.24) is 0 Å². The van der Waals surface area contributed by atoms with Crippen molar-refractivity contribution in [3.05, 3.63) is 75.3 Å². The van der Waals surface area contributed by atoms with Crippen LogP contribution in [0.4, 0.5) is 5.69 Å². The average Bonchev–Trinajstić information content (AvgIpc) is 2.47. The van der Waals surface area contributed by atoms with Crippen LogP contribution in [0.15, 0.2) is 48.5 Å². The Balaban J connectivity index is 2.52. The van der Waals surface area contributed by atoms with E-state index < -0.39 is 16.7 Å². The van der Waals surface area contributed by atoms with Crippen molar-refractivity contribution >= 4 is 17.4 Å². The quantitative estimate of drug-likeness (QED) is 0.517. The smallest absolute Gasteiger partial charge is 0.307 e. The van der Waals surface area contributed by atoms with E-state index in [0.717, 1.165) is 6.07 Å². The third-order valence-electron chi connectivity index (χ3n) is 2.93. The molecule has 0 aliphatic heterocycles. The molecular weight excluding hydrogens is 274 g/mol. The first-order valence-electron chi connectivity index (χ1n) is 6.08. The molecular formula is C15H11NO5. The molecule has 6 heteroatoms. The summed E-state index contributed by atoms with van der Waals surface area (Å²) in [6, 6.07) is 11.8. The van der Waals surface area contributed by atoms with Crippen LogP contribution in [0, 0.1) is 10.1 Å². The lowest BCUT2D eigenvalue weighted by Gasteiger charge is -2.07. The topological polar surface area (TPSA) is 97.5 Å². The van der Waals surface area contributed by atoms with Gasteiger partial charge in [0.05, 0.1) is 11.3 Å². The first-order chi connectivity index (χ1) is 9.99. The minimum atomic E-state index is -1.11. The van der Waals surface area contributed by atoms with Gasteiger partial charge in [0.15, 0.2) is 5.78 Å². The van der Waals surface area contributed by atoms with Gasteiger partial charge in [-0.3, -0.25) is 19.7 Å². The maximum Gasteiger partial charge on any atom is 0.307 e. The number of nitro groups is 1. The molecule has 0 saturated carbocycles. The average molecular weight is 285 g/mol. The Kier molecular flexibility index (Phi) is 4.08. The fraction of sp³-hybridized carbons (Fsp3) is 0.0667. The predicted octanol–water partition coefficient (Wildman–Crippen LogP) is 2.45. The maximum absolute atomic E-state index is 12.4. The highest BCUT2D eigenvalue weighted by molar-refractivity contribution is 6.10. The SMILES string of the molecule is O=C(O)Cc1ccc([N+](=O)[O-])cc1C(=O)c1ccccc1. The number of carboxylic acids is 1. The van der Waals surface area contributed by atoms with E-state index >= 15 is 0 Å². The number of carbonyl (C=O) groups excluding carboxylic acids is 1. The van der Waals surface area contributed by atoms with Gasteiger partial charge in [0.1, 0.15) is 0 Å². The molecule has 2 aromatic rings. The van der Waals surface area contributed by atoms with Crippen LogP contribution in [-0.2, 0) is 11.2 Å². The van der Waals surface area contributed by atoms with Gasteiger partial charge >= 0.3 is 5.97 Å². The van der Waals surface area contributed by atoms with Gasteiger partial charge in [0.25, 0.3) is 5.69 Å². The minimum Gasteiger partial charge on any atom is -0.481 e. The maximum atomic E-state index is 12.4. The van der Waals surface area contributed by atoms with E-state index in [2.05, 4.69) is 0 Å². The highest BCUT2D eigenvalue weighted by atomic mass is 16.6. The summed E-state index contributed by atoms with van der Waals surface area (Å²) in [6.45, 7) is 0. The number of benzene rings is 2. The second kappa shape index (κ2) is 5.96. The number of carbonyl (C=O) groups is 2. The van der Waals surface area contributed by atoms with Crippen LogP contribution in [0.1, 0.15) is 21.5 Å². The Hall–Kier alpha value is -3.02. The Morgan fingerprint density at radius 1 is 1.10 bits per heavy atom. The molecule has 2 rings (SSSR count). The van der Waals surface area contributed by atoms with Gasteiger partial charge in [0, 0.05) is 23.3 Å². The molecule has 0 fully saturated rings. The first-order valence-corrected chi connectivity index (χ1v) is 6.08. The Morgan fingerprint density at radius 3 is 2.33 bits per heavy atom. The summed E-state index contributed by atoms with van der Waals surface area (Å²) in [6.07, 6.45) is -0.369. The molecule has 0 heterocycles. The van der Waals surface area contributed by atoms with Crippen molar-refractivity contribution in [2.45, 2.75) is 6.42 Å². The number of hydrogen-bond donors (Lipinski definition) is 1. The molecule has 0 spiro atoms. The van der Waals surface area contributed by atoms with Crippen LogP contribution < -0.4 is 0 Å². The minimum absolute atomic E-state index is 0.0396. The van der Waals surface area contributed by atoms with E-state index in [4.69, 9.17) is 5.11 Å². The lowest BCUT2D eigenvalue weighted by molar-refractivity contribution is -0.384. The highest BCUT2D eigenvalue weighted by Gasteiger charge is 2.19. The molecule has 0 amide bonds. The number of carboxylic acid groups (broad SMARTS) is 1. The highest BCUT2D eigenvalue weighted by Crippen LogP contribution is 2.21. The fourth-order valence-electron chi connectivity index (χ4n) is 1.95. The molecule has 0 unspecified atom stereocenters. The lowest BCUT2D eigenvalue weighted by atomic mass is 9.96. The normalized spacial score (nSPS) is 10.1. The van der Waals surface area contributed by atoms with E-state index in [-0.39, 0.29) is 23.2 Å². The van der Waals surface area contributed by atoms with E-state index in [1.165, 1.54) is 12.1 Å². The summed E-state index contributed by atoms with van der Waals surface area (Å²) < 4.78 is 0. The lowest BCUT2D eigenvalue weighted by Crippen LogP contribution is -2.10. The zero-order valence-electron chi connectivity index (χ0n) is 10.9. The van der Waals surface area contributed by atoms with Crippen molar-refractivity contribution in [3.63, 3.8) is 0 Å². The molecule has 0 aliphatic rings.